The highest BCUT2D eigenvalue weighted by Crippen LogP contribution is 2.36. The summed E-state index contributed by atoms with van der Waals surface area (Å²) in [6.07, 6.45) is 0. The first-order chi connectivity index (χ1) is 9.65. The highest BCUT2D eigenvalue weighted by molar-refractivity contribution is 9.10. The van der Waals surface area contributed by atoms with Gasteiger partial charge in [-0.05, 0) is 24.6 Å². The molecule has 0 aliphatic carbocycles. The molecule has 0 radical (unpaired) electrons. The number of hydrogen-bond donors (Lipinski definition) is 1. The van der Waals surface area contributed by atoms with E-state index in [0.717, 1.165) is 10.0 Å². The van der Waals surface area contributed by atoms with Crippen LogP contribution in [0.4, 0.5) is 0 Å². The van der Waals surface area contributed by atoms with Crippen molar-refractivity contribution >= 4 is 15.9 Å². The van der Waals surface area contributed by atoms with Gasteiger partial charge in [-0.25, -0.2) is 0 Å². The second kappa shape index (κ2) is 6.77. The van der Waals surface area contributed by atoms with E-state index >= 15 is 0 Å². The molecule has 2 rings (SSSR count). The number of benzene rings is 2. The SMILES string of the molecule is COc1ccc(Br)c(CO)c1OCc1cccc(C)c1. The summed E-state index contributed by atoms with van der Waals surface area (Å²) < 4.78 is 12.0. The van der Waals surface area contributed by atoms with E-state index < -0.39 is 0 Å². The van der Waals surface area contributed by atoms with Gasteiger partial charge < -0.3 is 14.6 Å². The summed E-state index contributed by atoms with van der Waals surface area (Å²) in [5.74, 6) is 1.19. The van der Waals surface area contributed by atoms with E-state index in [2.05, 4.69) is 22.0 Å². The van der Waals surface area contributed by atoms with Crippen LogP contribution in [0.5, 0.6) is 11.5 Å². The summed E-state index contributed by atoms with van der Waals surface area (Å²) in [4.78, 5) is 0. The van der Waals surface area contributed by atoms with Gasteiger partial charge in [0.25, 0.3) is 0 Å². The standard InChI is InChI=1S/C16H17BrO3/c1-11-4-3-5-12(8-11)10-20-16-13(9-18)14(17)6-7-15(16)19-2/h3-8,18H,9-10H2,1-2H3. The molecule has 0 aromatic heterocycles. The molecule has 2 aromatic carbocycles. The van der Waals surface area contributed by atoms with Crippen molar-refractivity contribution in [2.75, 3.05) is 7.11 Å². The van der Waals surface area contributed by atoms with E-state index in [-0.39, 0.29) is 6.61 Å². The number of aliphatic hydroxyl groups excluding tert-OH is 1. The second-order valence-corrected chi connectivity index (χ2v) is 5.35. The molecule has 0 heterocycles. The molecule has 0 saturated carbocycles. The van der Waals surface area contributed by atoms with Crippen molar-refractivity contribution in [3.63, 3.8) is 0 Å². The largest absolute Gasteiger partial charge is 0.493 e. The van der Waals surface area contributed by atoms with Crippen molar-refractivity contribution in [2.24, 2.45) is 0 Å². The molecule has 2 aromatic rings. The Morgan fingerprint density at radius 1 is 1.20 bits per heavy atom. The van der Waals surface area contributed by atoms with Gasteiger partial charge in [0.05, 0.1) is 13.7 Å². The molecule has 4 heteroatoms. The van der Waals surface area contributed by atoms with Crippen molar-refractivity contribution in [1.29, 1.82) is 0 Å². The van der Waals surface area contributed by atoms with E-state index in [1.807, 2.05) is 37.3 Å². The number of aryl methyl sites for hydroxylation is 1. The first-order valence-corrected chi connectivity index (χ1v) is 7.09. The highest BCUT2D eigenvalue weighted by atomic mass is 79.9. The molecule has 3 nitrogen and oxygen atoms in total. The Balaban J connectivity index is 2.26. The van der Waals surface area contributed by atoms with Crippen LogP contribution in [0.1, 0.15) is 16.7 Å². The lowest BCUT2D eigenvalue weighted by molar-refractivity contribution is 0.249. The van der Waals surface area contributed by atoms with Crippen LogP contribution in [0.15, 0.2) is 40.9 Å². The highest BCUT2D eigenvalue weighted by Gasteiger charge is 2.14. The lowest BCUT2D eigenvalue weighted by Crippen LogP contribution is -2.02. The third-order valence-electron chi connectivity index (χ3n) is 3.01. The molecule has 106 valence electrons. The van der Waals surface area contributed by atoms with Gasteiger partial charge in [0.2, 0.25) is 0 Å². The number of halogens is 1. The van der Waals surface area contributed by atoms with Crippen LogP contribution in [0, 0.1) is 6.92 Å². The lowest BCUT2D eigenvalue weighted by atomic mass is 10.1. The van der Waals surface area contributed by atoms with Crippen LogP contribution in [0.25, 0.3) is 0 Å². The molecule has 0 aliphatic heterocycles. The van der Waals surface area contributed by atoms with Gasteiger partial charge in [-0.2, -0.15) is 0 Å². The molecule has 0 bridgehead atoms. The van der Waals surface area contributed by atoms with Crippen LogP contribution >= 0.6 is 15.9 Å². The van der Waals surface area contributed by atoms with Crippen molar-refractivity contribution in [2.45, 2.75) is 20.1 Å². The Morgan fingerprint density at radius 2 is 2.00 bits per heavy atom. The van der Waals surface area contributed by atoms with Crippen LogP contribution in [0.2, 0.25) is 0 Å². The van der Waals surface area contributed by atoms with Crippen LogP contribution in [0.3, 0.4) is 0 Å². The average Bonchev–Trinajstić information content (AvgIpc) is 2.45. The molecule has 0 unspecified atom stereocenters. The number of aliphatic hydroxyl groups is 1. The maximum absolute atomic E-state index is 9.49. The minimum absolute atomic E-state index is 0.110. The zero-order valence-electron chi connectivity index (χ0n) is 11.5. The molecule has 0 fully saturated rings. The van der Waals surface area contributed by atoms with Gasteiger partial charge in [0, 0.05) is 10.0 Å². The van der Waals surface area contributed by atoms with E-state index in [1.54, 1.807) is 7.11 Å². The predicted molar refractivity (Wildman–Crippen MR) is 82.1 cm³/mol. The maximum atomic E-state index is 9.49. The van der Waals surface area contributed by atoms with E-state index in [1.165, 1.54) is 5.56 Å². The molecule has 20 heavy (non-hydrogen) atoms. The van der Waals surface area contributed by atoms with Crippen molar-refractivity contribution in [3.05, 3.63) is 57.6 Å². The maximum Gasteiger partial charge on any atom is 0.168 e. The minimum atomic E-state index is -0.110. The molecule has 0 spiro atoms. The Hall–Kier alpha value is -1.52. The average molecular weight is 337 g/mol. The Bertz CT molecular complexity index is 596. The van der Waals surface area contributed by atoms with Gasteiger partial charge in [-0.15, -0.1) is 0 Å². The Kier molecular flexibility index (Phi) is 5.04. The molecular weight excluding hydrogens is 320 g/mol. The second-order valence-electron chi connectivity index (χ2n) is 4.49. The Labute approximate surface area is 127 Å². The van der Waals surface area contributed by atoms with Crippen LogP contribution in [-0.2, 0) is 13.2 Å². The van der Waals surface area contributed by atoms with Crippen molar-refractivity contribution in [3.8, 4) is 11.5 Å². The smallest absolute Gasteiger partial charge is 0.168 e. The van der Waals surface area contributed by atoms with Gasteiger partial charge in [0.15, 0.2) is 11.5 Å². The fourth-order valence-electron chi connectivity index (χ4n) is 2.01. The zero-order chi connectivity index (χ0) is 14.5. The van der Waals surface area contributed by atoms with Crippen LogP contribution in [-0.4, -0.2) is 12.2 Å². The monoisotopic (exact) mass is 336 g/mol. The molecule has 0 aliphatic rings. The quantitative estimate of drug-likeness (QED) is 0.901. The van der Waals surface area contributed by atoms with Gasteiger partial charge >= 0.3 is 0 Å². The molecular formula is C16H17BrO3. The summed E-state index contributed by atoms with van der Waals surface area (Å²) in [7, 11) is 1.59. The summed E-state index contributed by atoms with van der Waals surface area (Å²) in [5.41, 5.74) is 2.96. The van der Waals surface area contributed by atoms with Crippen LogP contribution < -0.4 is 9.47 Å². The van der Waals surface area contributed by atoms with Crippen molar-refractivity contribution < 1.29 is 14.6 Å². The number of ether oxygens (including phenoxy) is 2. The predicted octanol–water partition coefficient (Wildman–Crippen LogP) is 3.84. The normalized spacial score (nSPS) is 10.4. The third kappa shape index (κ3) is 3.32. The summed E-state index contributed by atoms with van der Waals surface area (Å²) in [6, 6.07) is 11.8. The first-order valence-electron chi connectivity index (χ1n) is 6.30. The molecule has 0 amide bonds. The molecule has 1 N–H and O–H groups in total. The van der Waals surface area contributed by atoms with E-state index in [0.29, 0.717) is 23.7 Å². The number of rotatable bonds is 5. The number of hydrogen-bond acceptors (Lipinski definition) is 3. The van der Waals surface area contributed by atoms with E-state index in [4.69, 9.17) is 9.47 Å². The summed E-state index contributed by atoms with van der Waals surface area (Å²) in [6.45, 7) is 2.37. The fourth-order valence-corrected chi connectivity index (χ4v) is 2.44. The molecule has 0 atom stereocenters. The fraction of sp³-hybridized carbons (Fsp3) is 0.250. The molecule has 0 saturated heterocycles. The zero-order valence-corrected chi connectivity index (χ0v) is 13.1. The van der Waals surface area contributed by atoms with E-state index in [9.17, 15) is 5.11 Å². The van der Waals surface area contributed by atoms with Crippen molar-refractivity contribution in [1.82, 2.24) is 0 Å². The van der Waals surface area contributed by atoms with Gasteiger partial charge in [0.1, 0.15) is 6.61 Å². The minimum Gasteiger partial charge on any atom is -0.493 e. The topological polar surface area (TPSA) is 38.7 Å². The first kappa shape index (κ1) is 14.9. The summed E-state index contributed by atoms with van der Waals surface area (Å²) >= 11 is 3.41. The number of methoxy groups -OCH3 is 1. The third-order valence-corrected chi connectivity index (χ3v) is 3.75. The Morgan fingerprint density at radius 3 is 2.65 bits per heavy atom. The lowest BCUT2D eigenvalue weighted by Gasteiger charge is -2.15. The van der Waals surface area contributed by atoms with Gasteiger partial charge in [-0.3, -0.25) is 0 Å². The van der Waals surface area contributed by atoms with Gasteiger partial charge in [-0.1, -0.05) is 45.8 Å². The summed E-state index contributed by atoms with van der Waals surface area (Å²) in [5, 5.41) is 9.49.